The molecule has 4 atom stereocenters. The van der Waals surface area contributed by atoms with Crippen molar-refractivity contribution in [3.05, 3.63) is 70.0 Å². The zero-order chi connectivity index (χ0) is 22.7. The van der Waals surface area contributed by atoms with Crippen LogP contribution in [0.4, 0.5) is 0 Å². The number of hydrogen-bond donors (Lipinski definition) is 0. The molecule has 5 nitrogen and oxygen atoms in total. The Kier molecular flexibility index (Phi) is 5.25. The molecule has 1 aliphatic heterocycles. The molecule has 4 heterocycles. The SMILES string of the molecule is CC1(C)O[C@@H]2[C@@H](CCc3ccc4cc(Br)c(Cl)nc4c3)C[C@@H](n3ccc4ncccc43)[C@@H]2O1. The molecule has 3 aromatic heterocycles. The summed E-state index contributed by atoms with van der Waals surface area (Å²) in [6.45, 7) is 4.04. The predicted octanol–water partition coefficient (Wildman–Crippen LogP) is 6.71. The summed E-state index contributed by atoms with van der Waals surface area (Å²) < 4.78 is 16.0. The number of halogens is 2. The van der Waals surface area contributed by atoms with Crippen molar-refractivity contribution in [2.24, 2.45) is 5.92 Å². The molecule has 0 amide bonds. The van der Waals surface area contributed by atoms with Crippen LogP contribution in [-0.4, -0.2) is 32.5 Å². The second kappa shape index (κ2) is 8.05. The normalized spacial score (nSPS) is 26.3. The van der Waals surface area contributed by atoms with E-state index >= 15 is 0 Å². The molecular formula is C26H25BrClN3O2. The average molecular weight is 527 g/mol. The Morgan fingerprint density at radius 3 is 2.85 bits per heavy atom. The summed E-state index contributed by atoms with van der Waals surface area (Å²) in [7, 11) is 0. The molecule has 1 saturated heterocycles. The fourth-order valence-electron chi connectivity index (χ4n) is 5.56. The molecule has 1 saturated carbocycles. The molecule has 1 aromatic carbocycles. The maximum Gasteiger partial charge on any atom is 0.163 e. The third kappa shape index (κ3) is 3.87. The first-order chi connectivity index (χ1) is 15.9. The second-order valence-electron chi connectivity index (χ2n) is 9.59. The average Bonchev–Trinajstić information content (AvgIpc) is 3.44. The van der Waals surface area contributed by atoms with Crippen LogP contribution in [0.25, 0.3) is 21.9 Å². The maximum absolute atomic E-state index is 6.43. The minimum absolute atomic E-state index is 0.0373. The van der Waals surface area contributed by atoms with Gasteiger partial charge >= 0.3 is 0 Å². The lowest BCUT2D eigenvalue weighted by Gasteiger charge is -2.24. The Bertz CT molecular complexity index is 1350. The first-order valence-electron chi connectivity index (χ1n) is 11.4. The number of rotatable bonds is 4. The zero-order valence-corrected chi connectivity index (χ0v) is 20.9. The Morgan fingerprint density at radius 2 is 1.97 bits per heavy atom. The number of hydrogen-bond acceptors (Lipinski definition) is 4. The van der Waals surface area contributed by atoms with Crippen molar-refractivity contribution in [3.8, 4) is 0 Å². The summed E-state index contributed by atoms with van der Waals surface area (Å²) in [5, 5.41) is 1.58. The zero-order valence-electron chi connectivity index (χ0n) is 18.5. The summed E-state index contributed by atoms with van der Waals surface area (Å²) in [6.07, 6.45) is 7.13. The molecule has 2 aliphatic rings. The lowest BCUT2D eigenvalue weighted by molar-refractivity contribution is -0.160. The van der Waals surface area contributed by atoms with E-state index < -0.39 is 5.79 Å². The number of aromatic nitrogens is 3. The standard InChI is InChI=1S/C26H25BrClN3O2/c1-26(2)32-23-17(8-6-15-5-7-16-13-18(27)25(28)30-20(16)12-15)14-22(24(23)33-26)31-11-9-19-21(31)4-3-10-29-19/h3-5,7,9-13,17,22-24H,6,8,14H2,1-2H3/t17-,22+,23+,24-/m0/s1. The highest BCUT2D eigenvalue weighted by Crippen LogP contribution is 2.49. The van der Waals surface area contributed by atoms with Crippen molar-refractivity contribution in [1.82, 2.24) is 14.5 Å². The van der Waals surface area contributed by atoms with Crippen LogP contribution in [0.3, 0.4) is 0 Å². The third-order valence-electron chi connectivity index (χ3n) is 6.99. The van der Waals surface area contributed by atoms with E-state index in [0.29, 0.717) is 11.1 Å². The van der Waals surface area contributed by atoms with E-state index in [2.05, 4.69) is 67.0 Å². The molecule has 170 valence electrons. The molecular weight excluding hydrogens is 502 g/mol. The molecule has 2 fully saturated rings. The van der Waals surface area contributed by atoms with Gasteiger partial charge < -0.3 is 14.0 Å². The van der Waals surface area contributed by atoms with Crippen LogP contribution in [0.15, 0.2) is 59.3 Å². The molecule has 4 aromatic rings. The van der Waals surface area contributed by atoms with Gasteiger partial charge in [0.05, 0.1) is 33.2 Å². The van der Waals surface area contributed by atoms with Gasteiger partial charge in [0.15, 0.2) is 5.79 Å². The highest BCUT2D eigenvalue weighted by atomic mass is 79.9. The Morgan fingerprint density at radius 1 is 1.12 bits per heavy atom. The van der Waals surface area contributed by atoms with E-state index in [0.717, 1.165) is 45.7 Å². The van der Waals surface area contributed by atoms with E-state index in [-0.39, 0.29) is 18.2 Å². The summed E-state index contributed by atoms with van der Waals surface area (Å²) in [4.78, 5) is 9.03. The first-order valence-corrected chi connectivity index (χ1v) is 12.6. The van der Waals surface area contributed by atoms with Crippen LogP contribution in [0, 0.1) is 5.92 Å². The highest BCUT2D eigenvalue weighted by molar-refractivity contribution is 9.10. The molecule has 0 N–H and O–H groups in total. The summed E-state index contributed by atoms with van der Waals surface area (Å²) in [5.41, 5.74) is 4.36. The number of ether oxygens (including phenoxy) is 2. The van der Waals surface area contributed by atoms with Crippen molar-refractivity contribution >= 4 is 49.5 Å². The first kappa shape index (κ1) is 21.5. The second-order valence-corrected chi connectivity index (χ2v) is 10.8. The highest BCUT2D eigenvalue weighted by Gasteiger charge is 2.54. The van der Waals surface area contributed by atoms with Gasteiger partial charge in [-0.1, -0.05) is 23.7 Å². The van der Waals surface area contributed by atoms with Crippen molar-refractivity contribution in [2.75, 3.05) is 0 Å². The van der Waals surface area contributed by atoms with Gasteiger partial charge in [-0.3, -0.25) is 4.98 Å². The van der Waals surface area contributed by atoms with E-state index in [1.807, 2.05) is 32.2 Å². The molecule has 6 rings (SSSR count). The minimum atomic E-state index is -0.565. The Balaban J connectivity index is 1.26. The Labute approximate surface area is 206 Å². The molecule has 0 spiro atoms. The summed E-state index contributed by atoms with van der Waals surface area (Å²) >= 11 is 9.68. The minimum Gasteiger partial charge on any atom is -0.344 e. The van der Waals surface area contributed by atoms with Crippen LogP contribution in [-0.2, 0) is 15.9 Å². The fourth-order valence-corrected chi connectivity index (χ4v) is 6.04. The van der Waals surface area contributed by atoms with E-state index in [4.69, 9.17) is 21.1 Å². The van der Waals surface area contributed by atoms with Crippen molar-refractivity contribution < 1.29 is 9.47 Å². The van der Waals surface area contributed by atoms with Crippen molar-refractivity contribution in [2.45, 2.75) is 57.1 Å². The topological polar surface area (TPSA) is 49.2 Å². The van der Waals surface area contributed by atoms with Crippen molar-refractivity contribution in [1.29, 1.82) is 0 Å². The van der Waals surface area contributed by atoms with Gasteiger partial charge in [0.2, 0.25) is 0 Å². The van der Waals surface area contributed by atoms with Gasteiger partial charge in [0, 0.05) is 17.8 Å². The van der Waals surface area contributed by atoms with Crippen LogP contribution < -0.4 is 0 Å². The lowest BCUT2D eigenvalue weighted by atomic mass is 9.95. The molecule has 0 radical (unpaired) electrons. The Hall–Kier alpha value is -1.99. The maximum atomic E-state index is 6.43. The largest absolute Gasteiger partial charge is 0.344 e. The number of pyridine rings is 2. The molecule has 33 heavy (non-hydrogen) atoms. The molecule has 0 bridgehead atoms. The van der Waals surface area contributed by atoms with Gasteiger partial charge in [-0.05, 0) is 90.9 Å². The molecule has 7 heteroatoms. The van der Waals surface area contributed by atoms with Crippen LogP contribution in [0.1, 0.15) is 38.3 Å². The predicted molar refractivity (Wildman–Crippen MR) is 133 cm³/mol. The molecule has 1 aliphatic carbocycles. The van der Waals surface area contributed by atoms with E-state index in [9.17, 15) is 0 Å². The smallest absolute Gasteiger partial charge is 0.163 e. The summed E-state index contributed by atoms with van der Waals surface area (Å²) in [5.74, 6) is -0.155. The number of aryl methyl sites for hydroxylation is 1. The van der Waals surface area contributed by atoms with Gasteiger partial charge in [-0.25, -0.2) is 4.98 Å². The van der Waals surface area contributed by atoms with Crippen molar-refractivity contribution in [3.63, 3.8) is 0 Å². The van der Waals surface area contributed by atoms with Gasteiger partial charge in [0.1, 0.15) is 11.3 Å². The van der Waals surface area contributed by atoms with E-state index in [1.54, 1.807) is 0 Å². The van der Waals surface area contributed by atoms with Gasteiger partial charge in [-0.2, -0.15) is 0 Å². The van der Waals surface area contributed by atoms with Gasteiger partial charge in [0.25, 0.3) is 0 Å². The number of fused-ring (bicyclic) bond motifs is 3. The summed E-state index contributed by atoms with van der Waals surface area (Å²) in [6, 6.07) is 14.9. The number of nitrogens with zero attached hydrogens (tertiary/aromatic N) is 3. The van der Waals surface area contributed by atoms with Crippen LogP contribution >= 0.6 is 27.5 Å². The number of benzene rings is 1. The van der Waals surface area contributed by atoms with Gasteiger partial charge in [-0.15, -0.1) is 0 Å². The lowest BCUT2D eigenvalue weighted by Crippen LogP contribution is -2.27. The molecule has 0 unspecified atom stereocenters. The van der Waals surface area contributed by atoms with Crippen LogP contribution in [0.2, 0.25) is 5.15 Å². The van der Waals surface area contributed by atoms with Crippen LogP contribution in [0.5, 0.6) is 0 Å². The third-order valence-corrected chi connectivity index (χ3v) is 8.11. The monoisotopic (exact) mass is 525 g/mol. The van der Waals surface area contributed by atoms with E-state index in [1.165, 1.54) is 5.56 Å². The fraction of sp³-hybridized carbons (Fsp3) is 0.385. The quantitative estimate of drug-likeness (QED) is 0.277.